The summed E-state index contributed by atoms with van der Waals surface area (Å²) in [5.74, 6) is 0. The predicted molar refractivity (Wildman–Crippen MR) is 78.8 cm³/mol. The van der Waals surface area contributed by atoms with E-state index in [9.17, 15) is 0 Å². The van der Waals surface area contributed by atoms with Crippen molar-refractivity contribution in [1.82, 2.24) is 24.4 Å². The second-order valence-corrected chi connectivity index (χ2v) is 5.77. The van der Waals surface area contributed by atoms with Crippen LogP contribution in [-0.2, 0) is 5.54 Å². The number of rotatable bonds is 3. The summed E-state index contributed by atoms with van der Waals surface area (Å²) in [6.07, 6.45) is 5.69. The van der Waals surface area contributed by atoms with E-state index < -0.39 is 0 Å². The molecule has 3 heterocycles. The predicted octanol–water partition coefficient (Wildman–Crippen LogP) is 2.89. The Morgan fingerprint density at radius 2 is 2.19 bits per heavy atom. The third kappa shape index (κ3) is 2.36. The summed E-state index contributed by atoms with van der Waals surface area (Å²) in [4.78, 5) is 4.20. The molecule has 0 aliphatic carbocycles. The van der Waals surface area contributed by atoms with Crippen LogP contribution in [0, 0.1) is 11.3 Å². The molecule has 0 saturated heterocycles. The number of hydrogen-bond donors (Lipinski definition) is 0. The molecule has 3 aromatic rings. The molecule has 0 unspecified atom stereocenters. The van der Waals surface area contributed by atoms with Gasteiger partial charge in [0.2, 0.25) is 0 Å². The largest absolute Gasteiger partial charge is 0.265 e. The summed E-state index contributed by atoms with van der Waals surface area (Å²) in [5, 5.41) is 17.9. The van der Waals surface area contributed by atoms with Gasteiger partial charge in [-0.1, -0.05) is 11.6 Å². The average Bonchev–Trinajstić information content (AvgIpc) is 3.06. The fraction of sp³-hybridized carbons (Fsp3) is 0.286. The van der Waals surface area contributed by atoms with E-state index in [-0.39, 0.29) is 5.54 Å². The Morgan fingerprint density at radius 1 is 1.38 bits per heavy atom. The van der Waals surface area contributed by atoms with E-state index in [1.54, 1.807) is 33.7 Å². The molecule has 0 amide bonds. The van der Waals surface area contributed by atoms with Gasteiger partial charge in [-0.15, -0.1) is 0 Å². The fourth-order valence-electron chi connectivity index (χ4n) is 2.15. The van der Waals surface area contributed by atoms with Crippen LogP contribution in [0.4, 0.5) is 0 Å². The molecule has 0 aliphatic heterocycles. The van der Waals surface area contributed by atoms with Crippen LogP contribution in [0.2, 0.25) is 5.15 Å². The van der Waals surface area contributed by atoms with Gasteiger partial charge in [0.05, 0.1) is 36.1 Å². The second-order valence-electron chi connectivity index (χ2n) is 5.39. The fourth-order valence-corrected chi connectivity index (χ4v) is 2.34. The van der Waals surface area contributed by atoms with Crippen molar-refractivity contribution >= 4 is 17.2 Å². The molecule has 106 valence electrons. The van der Waals surface area contributed by atoms with Crippen LogP contribution >= 0.6 is 11.6 Å². The number of fused-ring (bicyclic) bond motifs is 1. The Bertz CT molecular complexity index is 839. The highest BCUT2D eigenvalue weighted by Gasteiger charge is 2.21. The second kappa shape index (κ2) is 4.86. The van der Waals surface area contributed by atoms with E-state index in [2.05, 4.69) is 21.3 Å². The monoisotopic (exact) mass is 300 g/mol. The number of hydrogen-bond acceptors (Lipinski definition) is 4. The standard InChI is InChI=1S/C14H13ClN6/c1-14(2,4-5-16)20-9-10(8-18-20)11-7-12(15)19-13-3-6-17-21(11)13/h3,6-9H,4H2,1-2H3. The van der Waals surface area contributed by atoms with E-state index >= 15 is 0 Å². The maximum atomic E-state index is 8.91. The third-order valence-corrected chi connectivity index (χ3v) is 3.53. The molecule has 0 bridgehead atoms. The SMILES string of the molecule is CC(C)(CC#N)n1cc(-c2cc(Cl)nc3ccnn23)cn1. The lowest BCUT2D eigenvalue weighted by Gasteiger charge is -2.21. The molecule has 0 spiro atoms. The first-order valence-corrected chi connectivity index (χ1v) is 6.82. The van der Waals surface area contributed by atoms with Crippen LogP contribution in [0.15, 0.2) is 30.7 Å². The van der Waals surface area contributed by atoms with Crippen molar-refractivity contribution in [2.45, 2.75) is 25.8 Å². The minimum absolute atomic E-state index is 0.368. The van der Waals surface area contributed by atoms with Crippen molar-refractivity contribution in [1.29, 1.82) is 5.26 Å². The van der Waals surface area contributed by atoms with Gasteiger partial charge in [-0.3, -0.25) is 4.68 Å². The highest BCUT2D eigenvalue weighted by Crippen LogP contribution is 2.25. The lowest BCUT2D eigenvalue weighted by molar-refractivity contribution is 0.326. The molecule has 0 saturated carbocycles. The molecule has 0 N–H and O–H groups in total. The molecule has 6 nitrogen and oxygen atoms in total. The molecule has 0 radical (unpaired) electrons. The van der Waals surface area contributed by atoms with Gasteiger partial charge in [-0.05, 0) is 13.8 Å². The maximum absolute atomic E-state index is 8.91. The van der Waals surface area contributed by atoms with Crippen LogP contribution in [0.25, 0.3) is 16.9 Å². The normalized spacial score (nSPS) is 11.7. The summed E-state index contributed by atoms with van der Waals surface area (Å²) in [6, 6.07) is 5.72. The van der Waals surface area contributed by atoms with Gasteiger partial charge in [0.15, 0.2) is 5.65 Å². The Labute approximate surface area is 126 Å². The van der Waals surface area contributed by atoms with Gasteiger partial charge in [0, 0.05) is 23.9 Å². The molecular formula is C14H13ClN6. The highest BCUT2D eigenvalue weighted by atomic mass is 35.5. The summed E-state index contributed by atoms with van der Waals surface area (Å²) in [5.41, 5.74) is 2.00. The minimum atomic E-state index is -0.368. The van der Waals surface area contributed by atoms with Gasteiger partial charge < -0.3 is 0 Å². The smallest absolute Gasteiger partial charge is 0.157 e. The Kier molecular flexibility index (Phi) is 3.15. The Morgan fingerprint density at radius 3 is 2.95 bits per heavy atom. The Hall–Kier alpha value is -2.39. The molecule has 0 aliphatic rings. The van der Waals surface area contributed by atoms with Crippen molar-refractivity contribution in [3.8, 4) is 17.3 Å². The van der Waals surface area contributed by atoms with Gasteiger partial charge in [0.25, 0.3) is 0 Å². The van der Waals surface area contributed by atoms with Gasteiger partial charge in [-0.2, -0.15) is 15.5 Å². The molecule has 3 aromatic heterocycles. The quantitative estimate of drug-likeness (QED) is 0.697. The molecular weight excluding hydrogens is 288 g/mol. The van der Waals surface area contributed by atoms with Crippen LogP contribution in [-0.4, -0.2) is 24.4 Å². The van der Waals surface area contributed by atoms with Crippen molar-refractivity contribution < 1.29 is 0 Å². The zero-order valence-corrected chi connectivity index (χ0v) is 12.4. The Balaban J connectivity index is 2.11. The van der Waals surface area contributed by atoms with Gasteiger partial charge in [-0.25, -0.2) is 9.50 Å². The van der Waals surface area contributed by atoms with Crippen molar-refractivity contribution in [3.63, 3.8) is 0 Å². The summed E-state index contributed by atoms with van der Waals surface area (Å²) in [6.45, 7) is 3.94. The zero-order valence-electron chi connectivity index (χ0n) is 11.7. The highest BCUT2D eigenvalue weighted by molar-refractivity contribution is 6.29. The minimum Gasteiger partial charge on any atom is -0.265 e. The number of nitrogens with zero attached hydrogens (tertiary/aromatic N) is 6. The summed E-state index contributed by atoms with van der Waals surface area (Å²) in [7, 11) is 0. The van der Waals surface area contributed by atoms with Crippen molar-refractivity contribution in [2.75, 3.05) is 0 Å². The number of halogens is 1. The first kappa shape index (κ1) is 13.6. The summed E-state index contributed by atoms with van der Waals surface area (Å²) < 4.78 is 3.50. The molecule has 0 fully saturated rings. The van der Waals surface area contributed by atoms with Crippen molar-refractivity contribution in [3.05, 3.63) is 35.9 Å². The topological polar surface area (TPSA) is 71.8 Å². The van der Waals surface area contributed by atoms with Crippen molar-refractivity contribution in [2.24, 2.45) is 0 Å². The molecule has 7 heteroatoms. The summed E-state index contributed by atoms with van der Waals surface area (Å²) >= 11 is 6.05. The van der Waals surface area contributed by atoms with E-state index in [0.717, 1.165) is 11.3 Å². The maximum Gasteiger partial charge on any atom is 0.157 e. The van der Waals surface area contributed by atoms with Crippen LogP contribution < -0.4 is 0 Å². The molecule has 21 heavy (non-hydrogen) atoms. The van der Waals surface area contributed by atoms with E-state index in [1.165, 1.54) is 0 Å². The first-order valence-electron chi connectivity index (χ1n) is 6.44. The van der Waals surface area contributed by atoms with Crippen LogP contribution in [0.5, 0.6) is 0 Å². The third-order valence-electron chi connectivity index (χ3n) is 3.34. The van der Waals surface area contributed by atoms with E-state index in [4.69, 9.17) is 16.9 Å². The van der Waals surface area contributed by atoms with Gasteiger partial charge >= 0.3 is 0 Å². The lowest BCUT2D eigenvalue weighted by Crippen LogP contribution is -2.25. The van der Waals surface area contributed by atoms with Crippen LogP contribution in [0.3, 0.4) is 0 Å². The number of aromatic nitrogens is 5. The average molecular weight is 301 g/mol. The lowest BCUT2D eigenvalue weighted by atomic mass is 10.0. The molecule has 3 rings (SSSR count). The molecule has 0 atom stereocenters. The van der Waals surface area contributed by atoms with Gasteiger partial charge in [0.1, 0.15) is 5.15 Å². The molecule has 0 aromatic carbocycles. The van der Waals surface area contributed by atoms with E-state index in [1.807, 2.05) is 20.0 Å². The van der Waals surface area contributed by atoms with E-state index in [0.29, 0.717) is 17.2 Å². The first-order chi connectivity index (χ1) is 10.0. The zero-order chi connectivity index (χ0) is 15.0. The van der Waals surface area contributed by atoms with Crippen LogP contribution in [0.1, 0.15) is 20.3 Å². The number of nitriles is 1.